The van der Waals surface area contributed by atoms with Crippen molar-refractivity contribution < 1.29 is 0 Å². The van der Waals surface area contributed by atoms with Crippen LogP contribution in [0.2, 0.25) is 0 Å². The molecule has 27 heavy (non-hydrogen) atoms. The highest BCUT2D eigenvalue weighted by Crippen LogP contribution is 2.33. The summed E-state index contributed by atoms with van der Waals surface area (Å²) in [6, 6.07) is 6.41. The molecule has 3 aliphatic heterocycles. The Kier molecular flexibility index (Phi) is 3.67. The maximum Gasteiger partial charge on any atom is 0.0813 e. The normalized spacial score (nSPS) is 23.6. The van der Waals surface area contributed by atoms with Gasteiger partial charge >= 0.3 is 0 Å². The summed E-state index contributed by atoms with van der Waals surface area (Å²) in [7, 11) is 0. The summed E-state index contributed by atoms with van der Waals surface area (Å²) >= 11 is 0. The summed E-state index contributed by atoms with van der Waals surface area (Å²) in [5.41, 5.74) is 5.26. The van der Waals surface area contributed by atoms with E-state index in [1.807, 2.05) is 18.6 Å². The lowest BCUT2D eigenvalue weighted by Crippen LogP contribution is -2.28. The van der Waals surface area contributed by atoms with Crippen molar-refractivity contribution in [1.29, 1.82) is 0 Å². The molecule has 0 unspecified atom stereocenters. The van der Waals surface area contributed by atoms with Crippen LogP contribution in [0.3, 0.4) is 0 Å². The van der Waals surface area contributed by atoms with Gasteiger partial charge in [-0.2, -0.15) is 30.6 Å². The Morgan fingerprint density at radius 3 is 0.926 bits per heavy atom. The van der Waals surface area contributed by atoms with Gasteiger partial charge in [0.2, 0.25) is 0 Å². The smallest absolute Gasteiger partial charge is 0.0813 e. The average Bonchev–Trinajstić information content (AvgIpc) is 3.22. The molecule has 0 bridgehead atoms. The predicted molar refractivity (Wildman–Crippen MR) is 113 cm³/mol. The lowest BCUT2D eigenvalue weighted by atomic mass is 9.78. The van der Waals surface area contributed by atoms with Crippen LogP contribution in [-0.2, 0) is 0 Å². The molecule has 0 fully saturated rings. The molecule has 0 aliphatic carbocycles. The molecule has 6 heteroatoms. The van der Waals surface area contributed by atoms with Crippen molar-refractivity contribution >= 4 is 35.8 Å². The van der Waals surface area contributed by atoms with Crippen LogP contribution >= 0.6 is 0 Å². The third kappa shape index (κ3) is 2.89. The van der Waals surface area contributed by atoms with E-state index < -0.39 is 0 Å². The van der Waals surface area contributed by atoms with E-state index in [2.05, 4.69) is 90.3 Å². The minimum absolute atomic E-state index is 0.219. The lowest BCUT2D eigenvalue weighted by Gasteiger charge is -2.23. The number of nitrogens with zero attached hydrogens (tertiary/aromatic N) is 6. The van der Waals surface area contributed by atoms with Crippen LogP contribution in [0.25, 0.3) is 0 Å². The van der Waals surface area contributed by atoms with Crippen LogP contribution in [0.5, 0.6) is 0 Å². The Balaban J connectivity index is 1.89. The summed E-state index contributed by atoms with van der Waals surface area (Å²) in [6.07, 6.45) is 5.65. The van der Waals surface area contributed by atoms with Gasteiger partial charge < -0.3 is 0 Å². The standard InChI is InChI=1S/C21H24N6/c1-19(2)10-22-25-16(19)13-7-14(17-20(3,4)11-23-26-17)9-15(8-13)18-21(5,6)12-24-27-18/h7-12H,1-6H3. The van der Waals surface area contributed by atoms with Crippen LogP contribution < -0.4 is 0 Å². The first-order chi connectivity index (χ1) is 12.6. The summed E-state index contributed by atoms with van der Waals surface area (Å²) in [6.45, 7) is 12.7. The quantitative estimate of drug-likeness (QED) is 0.777. The lowest BCUT2D eigenvalue weighted by molar-refractivity contribution is 0.757. The highest BCUT2D eigenvalue weighted by atomic mass is 15.2. The van der Waals surface area contributed by atoms with Crippen molar-refractivity contribution in [3.05, 3.63) is 34.9 Å². The Morgan fingerprint density at radius 2 is 0.741 bits per heavy atom. The molecule has 0 radical (unpaired) electrons. The van der Waals surface area contributed by atoms with E-state index in [0.29, 0.717) is 0 Å². The molecule has 0 saturated heterocycles. The van der Waals surface area contributed by atoms with Crippen molar-refractivity contribution in [1.82, 2.24) is 0 Å². The number of rotatable bonds is 3. The van der Waals surface area contributed by atoms with E-state index in [4.69, 9.17) is 0 Å². The number of benzene rings is 1. The fourth-order valence-corrected chi connectivity index (χ4v) is 3.59. The monoisotopic (exact) mass is 360 g/mol. The van der Waals surface area contributed by atoms with Gasteiger partial charge in [-0.1, -0.05) is 0 Å². The first kappa shape index (κ1) is 17.6. The summed E-state index contributed by atoms with van der Waals surface area (Å²) < 4.78 is 0. The molecule has 3 heterocycles. The second kappa shape index (κ2) is 5.62. The van der Waals surface area contributed by atoms with E-state index in [0.717, 1.165) is 33.8 Å². The Hall–Kier alpha value is -2.76. The van der Waals surface area contributed by atoms with E-state index in [-0.39, 0.29) is 16.2 Å². The van der Waals surface area contributed by atoms with E-state index in [1.165, 1.54) is 0 Å². The van der Waals surface area contributed by atoms with Gasteiger partial charge in [0.05, 0.1) is 17.1 Å². The first-order valence-electron chi connectivity index (χ1n) is 9.14. The zero-order valence-electron chi connectivity index (χ0n) is 16.6. The zero-order chi connectivity index (χ0) is 19.4. The molecule has 6 nitrogen and oxygen atoms in total. The third-order valence-corrected chi connectivity index (χ3v) is 5.20. The molecule has 0 amide bonds. The van der Waals surface area contributed by atoms with Crippen LogP contribution in [0.1, 0.15) is 58.2 Å². The minimum atomic E-state index is -0.219. The molecule has 4 rings (SSSR count). The highest BCUT2D eigenvalue weighted by Gasteiger charge is 2.34. The maximum atomic E-state index is 4.41. The van der Waals surface area contributed by atoms with Gasteiger partial charge in [0, 0.05) is 51.6 Å². The van der Waals surface area contributed by atoms with Gasteiger partial charge in [-0.3, -0.25) is 0 Å². The molecule has 0 N–H and O–H groups in total. The van der Waals surface area contributed by atoms with Crippen molar-refractivity contribution in [2.75, 3.05) is 0 Å². The highest BCUT2D eigenvalue weighted by molar-refractivity contribution is 6.21. The molecule has 0 spiro atoms. The molecule has 1 aromatic rings. The SMILES string of the molecule is CC1(C)C=NN=C1c1cc(C2=NN=CC2(C)C)cc(C2=NN=CC2(C)C)c1. The van der Waals surface area contributed by atoms with Crippen LogP contribution in [0, 0.1) is 16.2 Å². The number of hydrogen-bond acceptors (Lipinski definition) is 6. The summed E-state index contributed by atoms with van der Waals surface area (Å²) in [5.74, 6) is 0. The maximum absolute atomic E-state index is 4.41. The van der Waals surface area contributed by atoms with E-state index >= 15 is 0 Å². The van der Waals surface area contributed by atoms with Crippen LogP contribution in [0.15, 0.2) is 48.8 Å². The number of hydrogen-bond donors (Lipinski definition) is 0. The zero-order valence-corrected chi connectivity index (χ0v) is 16.6. The van der Waals surface area contributed by atoms with Crippen molar-refractivity contribution in [3.8, 4) is 0 Å². The summed E-state index contributed by atoms with van der Waals surface area (Å²) in [5, 5.41) is 25.7. The molecule has 1 aromatic carbocycles. The van der Waals surface area contributed by atoms with Gasteiger partial charge in [-0.15, -0.1) is 0 Å². The topological polar surface area (TPSA) is 74.2 Å². The second-order valence-electron chi connectivity index (χ2n) is 9.04. The fourth-order valence-electron chi connectivity index (χ4n) is 3.59. The Labute approximate surface area is 159 Å². The van der Waals surface area contributed by atoms with Gasteiger partial charge in [0.25, 0.3) is 0 Å². The molecule has 0 saturated carbocycles. The van der Waals surface area contributed by atoms with Gasteiger partial charge in [-0.25, -0.2) is 0 Å². The molecular formula is C21H24N6. The molecule has 0 aromatic heterocycles. The van der Waals surface area contributed by atoms with Crippen LogP contribution in [0.4, 0.5) is 0 Å². The Morgan fingerprint density at radius 1 is 0.481 bits per heavy atom. The van der Waals surface area contributed by atoms with E-state index in [9.17, 15) is 0 Å². The molecular weight excluding hydrogens is 336 g/mol. The Bertz CT molecular complexity index is 859. The molecule has 3 aliphatic rings. The fraction of sp³-hybridized carbons (Fsp3) is 0.429. The third-order valence-electron chi connectivity index (χ3n) is 5.20. The molecule has 0 atom stereocenters. The van der Waals surface area contributed by atoms with Gasteiger partial charge in [0.1, 0.15) is 0 Å². The van der Waals surface area contributed by atoms with Gasteiger partial charge in [0.15, 0.2) is 0 Å². The molecule has 138 valence electrons. The second-order valence-corrected chi connectivity index (χ2v) is 9.04. The van der Waals surface area contributed by atoms with E-state index in [1.54, 1.807) is 0 Å². The van der Waals surface area contributed by atoms with Crippen molar-refractivity contribution in [3.63, 3.8) is 0 Å². The van der Waals surface area contributed by atoms with Crippen LogP contribution in [-0.4, -0.2) is 35.8 Å². The average molecular weight is 360 g/mol. The summed E-state index contributed by atoms with van der Waals surface area (Å²) in [4.78, 5) is 0. The van der Waals surface area contributed by atoms with Gasteiger partial charge in [-0.05, 0) is 59.7 Å². The van der Waals surface area contributed by atoms with Crippen molar-refractivity contribution in [2.24, 2.45) is 46.9 Å². The minimum Gasteiger partial charge on any atom is -0.162 e. The van der Waals surface area contributed by atoms with Crippen molar-refractivity contribution in [2.45, 2.75) is 41.5 Å². The largest absolute Gasteiger partial charge is 0.162 e. The first-order valence-corrected chi connectivity index (χ1v) is 9.14. The predicted octanol–water partition coefficient (Wildman–Crippen LogP) is 4.13.